The Morgan fingerprint density at radius 1 is 1.09 bits per heavy atom. The number of hydrogen-bond donors (Lipinski definition) is 3. The van der Waals surface area contributed by atoms with Crippen molar-refractivity contribution < 1.29 is 5.11 Å². The molecule has 0 amide bonds. The van der Waals surface area contributed by atoms with Crippen LogP contribution in [0.3, 0.4) is 0 Å². The van der Waals surface area contributed by atoms with Gasteiger partial charge in [0.1, 0.15) is 11.5 Å². The normalized spacial score (nSPS) is 11.4. The summed E-state index contributed by atoms with van der Waals surface area (Å²) in [6.07, 6.45) is 7.28. The third-order valence-electron chi connectivity index (χ3n) is 5.13. The van der Waals surface area contributed by atoms with Crippen molar-refractivity contribution in [2.75, 3.05) is 23.9 Å². The third kappa shape index (κ3) is 6.60. The first-order valence-corrected chi connectivity index (χ1v) is 12.3. The lowest BCUT2D eigenvalue weighted by Gasteiger charge is -2.12. The van der Waals surface area contributed by atoms with E-state index in [0.29, 0.717) is 17.9 Å². The summed E-state index contributed by atoms with van der Waals surface area (Å²) < 4.78 is 0. The minimum absolute atomic E-state index is 0.301. The smallest absolute Gasteiger partial charge is 0.131 e. The fourth-order valence-corrected chi connectivity index (χ4v) is 3.73. The maximum absolute atomic E-state index is 9.80. The van der Waals surface area contributed by atoms with E-state index in [2.05, 4.69) is 50.5 Å². The molecule has 0 unspecified atom stereocenters. The van der Waals surface area contributed by atoms with Crippen LogP contribution in [0.15, 0.2) is 76.9 Å². The summed E-state index contributed by atoms with van der Waals surface area (Å²) >= 11 is 1.71. The van der Waals surface area contributed by atoms with Crippen molar-refractivity contribution in [3.8, 4) is 11.8 Å². The number of nitrogen functional groups attached to an aromatic ring is 1. The highest BCUT2D eigenvalue weighted by molar-refractivity contribution is 7.98. The van der Waals surface area contributed by atoms with Crippen LogP contribution in [0, 0.1) is 11.8 Å². The van der Waals surface area contributed by atoms with Gasteiger partial charge >= 0.3 is 0 Å². The van der Waals surface area contributed by atoms with Crippen molar-refractivity contribution in [2.45, 2.75) is 24.3 Å². The van der Waals surface area contributed by atoms with E-state index in [9.17, 15) is 5.11 Å². The van der Waals surface area contributed by atoms with E-state index in [4.69, 9.17) is 5.73 Å². The number of benzene rings is 2. The molecule has 0 aliphatic carbocycles. The molecule has 6 nitrogen and oxygen atoms in total. The molecule has 0 saturated carbocycles. The van der Waals surface area contributed by atoms with Gasteiger partial charge in [-0.3, -0.25) is 4.99 Å². The SMILES string of the molecule is CSc1ccc(Nc2cc3c(C#Cc4ccc(C=NCC(C)(C)O)c(N)c4)nccc3cn2)cc1. The predicted molar refractivity (Wildman–Crippen MR) is 147 cm³/mol. The van der Waals surface area contributed by atoms with Crippen LogP contribution >= 0.6 is 11.8 Å². The summed E-state index contributed by atoms with van der Waals surface area (Å²) in [7, 11) is 0. The van der Waals surface area contributed by atoms with Crippen LogP contribution in [0.2, 0.25) is 0 Å². The maximum atomic E-state index is 9.80. The van der Waals surface area contributed by atoms with Crippen molar-refractivity contribution >= 4 is 45.9 Å². The Morgan fingerprint density at radius 2 is 1.89 bits per heavy atom. The Bertz CT molecular complexity index is 1430. The molecule has 0 atom stereocenters. The highest BCUT2D eigenvalue weighted by Gasteiger charge is 2.10. The first-order chi connectivity index (χ1) is 16.8. The topological polar surface area (TPSA) is 96.4 Å². The second kappa shape index (κ2) is 10.6. The molecule has 0 saturated heterocycles. The van der Waals surface area contributed by atoms with Crippen molar-refractivity contribution in [1.29, 1.82) is 0 Å². The van der Waals surface area contributed by atoms with Gasteiger partial charge in [-0.1, -0.05) is 12.0 Å². The standard InChI is InChI=1S/C28H27N5OS/c1-28(2,34)18-30-16-21-6-4-19(14-25(21)29)5-11-26-24-15-27(32-17-20(24)12-13-31-26)33-22-7-9-23(35-3)10-8-22/h4,6-10,12-17,34H,18,29H2,1-3H3,(H,32,33). The molecule has 2 aromatic heterocycles. The lowest BCUT2D eigenvalue weighted by molar-refractivity contribution is 0.0906. The van der Waals surface area contributed by atoms with Gasteiger partial charge in [0.25, 0.3) is 0 Å². The molecule has 4 N–H and O–H groups in total. The van der Waals surface area contributed by atoms with Crippen LogP contribution in [-0.4, -0.2) is 39.7 Å². The Hall–Kier alpha value is -3.86. The number of pyridine rings is 2. The maximum Gasteiger partial charge on any atom is 0.131 e. The molecule has 2 aromatic carbocycles. The number of nitrogens with two attached hydrogens (primary N) is 1. The lowest BCUT2D eigenvalue weighted by atomic mass is 10.1. The molecular formula is C28H27N5OS. The van der Waals surface area contributed by atoms with E-state index in [1.807, 2.05) is 48.7 Å². The highest BCUT2D eigenvalue weighted by Crippen LogP contribution is 2.23. The van der Waals surface area contributed by atoms with Crippen LogP contribution in [0.4, 0.5) is 17.2 Å². The van der Waals surface area contributed by atoms with Gasteiger partial charge in [-0.2, -0.15) is 0 Å². The van der Waals surface area contributed by atoms with Crippen molar-refractivity contribution in [2.24, 2.45) is 4.99 Å². The summed E-state index contributed by atoms with van der Waals surface area (Å²) in [5.74, 6) is 7.07. The predicted octanol–water partition coefficient (Wildman–Crippen LogP) is 5.27. The average Bonchev–Trinajstić information content (AvgIpc) is 2.83. The van der Waals surface area contributed by atoms with E-state index < -0.39 is 5.60 Å². The lowest BCUT2D eigenvalue weighted by Crippen LogP contribution is -2.22. The number of rotatable bonds is 6. The van der Waals surface area contributed by atoms with Gasteiger partial charge in [0, 0.05) is 56.8 Å². The summed E-state index contributed by atoms with van der Waals surface area (Å²) in [4.78, 5) is 14.5. The molecule has 176 valence electrons. The molecule has 4 aromatic rings. The van der Waals surface area contributed by atoms with Crippen LogP contribution in [0.25, 0.3) is 10.8 Å². The number of aliphatic hydroxyl groups is 1. The Labute approximate surface area is 209 Å². The molecule has 2 heterocycles. The van der Waals surface area contributed by atoms with Gasteiger partial charge < -0.3 is 16.2 Å². The van der Waals surface area contributed by atoms with Gasteiger partial charge in [0.05, 0.1) is 12.1 Å². The van der Waals surface area contributed by atoms with E-state index in [1.165, 1.54) is 4.90 Å². The number of anilines is 3. The first kappa shape index (κ1) is 24.3. The van der Waals surface area contributed by atoms with Gasteiger partial charge in [0.2, 0.25) is 0 Å². The van der Waals surface area contributed by atoms with Crippen molar-refractivity contribution in [3.63, 3.8) is 0 Å². The van der Waals surface area contributed by atoms with Crippen molar-refractivity contribution in [3.05, 3.63) is 83.8 Å². The second-order valence-corrected chi connectivity index (χ2v) is 9.56. The van der Waals surface area contributed by atoms with Gasteiger partial charge in [-0.25, -0.2) is 9.97 Å². The molecule has 0 radical (unpaired) electrons. The van der Waals surface area contributed by atoms with Crippen LogP contribution in [0.1, 0.15) is 30.7 Å². The number of hydrogen-bond acceptors (Lipinski definition) is 7. The molecule has 0 aliphatic rings. The molecular weight excluding hydrogens is 454 g/mol. The zero-order valence-corrected chi connectivity index (χ0v) is 20.7. The summed E-state index contributed by atoms with van der Waals surface area (Å²) in [6, 6.07) is 17.7. The van der Waals surface area contributed by atoms with Crippen molar-refractivity contribution in [1.82, 2.24) is 9.97 Å². The minimum Gasteiger partial charge on any atom is -0.398 e. The number of fused-ring (bicyclic) bond motifs is 1. The third-order valence-corrected chi connectivity index (χ3v) is 5.87. The molecule has 0 spiro atoms. The first-order valence-electron chi connectivity index (χ1n) is 11.1. The Balaban J connectivity index is 1.57. The van der Waals surface area contributed by atoms with E-state index >= 15 is 0 Å². The molecule has 0 bridgehead atoms. The quantitative estimate of drug-likeness (QED) is 0.150. The molecule has 0 aliphatic heterocycles. The summed E-state index contributed by atoms with van der Waals surface area (Å²) in [5, 5.41) is 15.0. The second-order valence-electron chi connectivity index (χ2n) is 8.68. The Kier molecular flexibility index (Phi) is 7.35. The summed E-state index contributed by atoms with van der Waals surface area (Å²) in [5.41, 5.74) is 9.11. The number of aromatic nitrogens is 2. The summed E-state index contributed by atoms with van der Waals surface area (Å²) in [6.45, 7) is 3.73. The van der Waals surface area contributed by atoms with Crippen LogP contribution in [-0.2, 0) is 0 Å². The number of nitrogens with zero attached hydrogens (tertiary/aromatic N) is 3. The molecule has 35 heavy (non-hydrogen) atoms. The van der Waals surface area contributed by atoms with E-state index in [-0.39, 0.29) is 0 Å². The molecule has 0 fully saturated rings. The van der Waals surface area contributed by atoms with E-state index in [1.54, 1.807) is 38.0 Å². The zero-order valence-electron chi connectivity index (χ0n) is 19.9. The van der Waals surface area contributed by atoms with Gasteiger partial charge in [-0.15, -0.1) is 11.8 Å². The van der Waals surface area contributed by atoms with E-state index in [0.717, 1.165) is 33.4 Å². The molecule has 7 heteroatoms. The zero-order chi connectivity index (χ0) is 24.8. The number of thioether (sulfide) groups is 1. The number of aliphatic imine (C=N–C) groups is 1. The van der Waals surface area contributed by atoms with Crippen LogP contribution in [0.5, 0.6) is 0 Å². The largest absolute Gasteiger partial charge is 0.398 e. The highest BCUT2D eigenvalue weighted by atomic mass is 32.2. The fourth-order valence-electron chi connectivity index (χ4n) is 3.32. The average molecular weight is 482 g/mol. The monoisotopic (exact) mass is 481 g/mol. The van der Waals surface area contributed by atoms with Gasteiger partial charge in [0.15, 0.2) is 0 Å². The molecule has 4 rings (SSSR count). The van der Waals surface area contributed by atoms with Crippen LogP contribution < -0.4 is 11.1 Å². The Morgan fingerprint density at radius 3 is 2.60 bits per heavy atom. The minimum atomic E-state index is -0.855. The fraction of sp³-hybridized carbons (Fsp3) is 0.179. The van der Waals surface area contributed by atoms with Gasteiger partial charge in [-0.05, 0) is 74.6 Å². The number of nitrogens with one attached hydrogen (secondary N) is 1.